The van der Waals surface area contributed by atoms with E-state index in [1.807, 2.05) is 0 Å². The van der Waals surface area contributed by atoms with Gasteiger partial charge in [-0.2, -0.15) is 0 Å². The Morgan fingerprint density at radius 1 is 1.30 bits per heavy atom. The number of amides is 1. The quantitative estimate of drug-likeness (QED) is 0.908. The summed E-state index contributed by atoms with van der Waals surface area (Å²) in [5.74, 6) is 1.12. The van der Waals surface area contributed by atoms with Crippen LogP contribution in [0.25, 0.3) is 0 Å². The molecule has 1 spiro atoms. The van der Waals surface area contributed by atoms with E-state index in [1.54, 1.807) is 19.2 Å². The fourth-order valence-electron chi connectivity index (χ4n) is 3.73. The number of aryl methyl sites for hydroxylation is 1. The van der Waals surface area contributed by atoms with E-state index >= 15 is 0 Å². The van der Waals surface area contributed by atoms with Gasteiger partial charge < -0.3 is 9.64 Å². The van der Waals surface area contributed by atoms with Gasteiger partial charge >= 0.3 is 6.09 Å². The zero-order chi connectivity index (χ0) is 16.3. The van der Waals surface area contributed by atoms with Gasteiger partial charge in [0, 0.05) is 6.20 Å². The van der Waals surface area contributed by atoms with Gasteiger partial charge in [0.1, 0.15) is 17.7 Å². The molecule has 1 saturated heterocycles. The largest absolute Gasteiger partial charge is 0.446 e. The number of aromatic nitrogens is 2. The zero-order valence-electron chi connectivity index (χ0n) is 14.0. The number of hydrogen-bond donors (Lipinski definition) is 1. The molecule has 1 aliphatic heterocycles. The summed E-state index contributed by atoms with van der Waals surface area (Å²) >= 11 is 0. The highest BCUT2D eigenvalue weighted by Crippen LogP contribution is 2.44. The predicted molar refractivity (Wildman–Crippen MR) is 88.3 cm³/mol. The van der Waals surface area contributed by atoms with Gasteiger partial charge in [0.2, 0.25) is 0 Å². The number of nitrogens with one attached hydrogen (secondary N) is 1. The van der Waals surface area contributed by atoms with Crippen molar-refractivity contribution in [2.45, 2.75) is 51.6 Å². The second-order valence-electron chi connectivity index (χ2n) is 7.02. The molecule has 0 unspecified atom stereocenters. The minimum absolute atomic E-state index is 0.0308. The van der Waals surface area contributed by atoms with Crippen molar-refractivity contribution in [3.05, 3.63) is 18.1 Å². The number of likely N-dealkylation sites (tertiary alicyclic amines) is 1. The van der Waals surface area contributed by atoms with E-state index in [0.717, 1.165) is 12.8 Å². The van der Waals surface area contributed by atoms with Gasteiger partial charge in [0.25, 0.3) is 0 Å². The molecule has 2 aliphatic rings. The van der Waals surface area contributed by atoms with Gasteiger partial charge in [-0.25, -0.2) is 14.8 Å². The molecule has 3 rings (SSSR count). The highest BCUT2D eigenvalue weighted by molar-refractivity contribution is 5.83. The average molecular weight is 318 g/mol. The van der Waals surface area contributed by atoms with E-state index in [9.17, 15) is 4.79 Å². The standard InChI is InChI=1S/C17H26N4O2/c1-13-18-10-5-15(19-13)20-16(22)23-14-3-6-17(7-4-14)8-11-21(2)12-9-17/h5,10,14H,3-4,6-9,11-12H2,1-2H3,(H,18,19,20,22). The third-order valence-corrected chi connectivity index (χ3v) is 5.32. The van der Waals surface area contributed by atoms with Crippen LogP contribution in [-0.4, -0.2) is 47.2 Å². The Morgan fingerprint density at radius 2 is 2.00 bits per heavy atom. The Balaban J connectivity index is 1.46. The number of piperidine rings is 1. The Hall–Kier alpha value is -1.69. The van der Waals surface area contributed by atoms with Gasteiger partial charge in [-0.05, 0) is 77.1 Å². The molecule has 0 radical (unpaired) electrons. The van der Waals surface area contributed by atoms with Crippen molar-refractivity contribution in [2.24, 2.45) is 5.41 Å². The highest BCUT2D eigenvalue weighted by atomic mass is 16.6. The van der Waals surface area contributed by atoms with E-state index in [-0.39, 0.29) is 6.10 Å². The van der Waals surface area contributed by atoms with Crippen molar-refractivity contribution in [3.8, 4) is 0 Å². The first-order chi connectivity index (χ1) is 11.0. The van der Waals surface area contributed by atoms with E-state index in [0.29, 0.717) is 17.1 Å². The number of nitrogens with zero attached hydrogens (tertiary/aromatic N) is 3. The maximum absolute atomic E-state index is 12.0. The van der Waals surface area contributed by atoms with Gasteiger partial charge in [0.15, 0.2) is 0 Å². The molecule has 126 valence electrons. The molecule has 1 N–H and O–H groups in total. The van der Waals surface area contributed by atoms with Crippen LogP contribution >= 0.6 is 0 Å². The molecular weight excluding hydrogens is 292 g/mol. The molecule has 1 aromatic heterocycles. The molecule has 1 aromatic rings. The number of carbonyl (C=O) groups is 1. The Kier molecular flexibility index (Phi) is 4.80. The zero-order valence-corrected chi connectivity index (χ0v) is 14.0. The number of anilines is 1. The molecule has 6 heteroatoms. The predicted octanol–water partition coefficient (Wildman–Crippen LogP) is 2.99. The smallest absolute Gasteiger partial charge is 0.413 e. The fraction of sp³-hybridized carbons (Fsp3) is 0.706. The van der Waals surface area contributed by atoms with E-state index in [4.69, 9.17) is 4.74 Å². The summed E-state index contributed by atoms with van der Waals surface area (Å²) in [7, 11) is 2.20. The monoisotopic (exact) mass is 318 g/mol. The third-order valence-electron chi connectivity index (χ3n) is 5.32. The van der Waals surface area contributed by atoms with E-state index < -0.39 is 6.09 Å². The molecule has 0 aromatic carbocycles. The van der Waals surface area contributed by atoms with Crippen LogP contribution in [0.15, 0.2) is 12.3 Å². The Bertz CT molecular complexity index is 545. The van der Waals surface area contributed by atoms with Gasteiger partial charge in [-0.1, -0.05) is 0 Å². The second-order valence-corrected chi connectivity index (χ2v) is 7.02. The third kappa shape index (κ3) is 4.19. The lowest BCUT2D eigenvalue weighted by Crippen LogP contribution is -2.41. The SMILES string of the molecule is Cc1nccc(NC(=O)OC2CCC3(CC2)CCN(C)CC3)n1. The minimum atomic E-state index is -0.410. The molecule has 0 atom stereocenters. The molecule has 2 heterocycles. The number of carbonyl (C=O) groups excluding carboxylic acids is 1. The van der Waals surface area contributed by atoms with Crippen LogP contribution in [0, 0.1) is 12.3 Å². The summed E-state index contributed by atoms with van der Waals surface area (Å²) in [6.45, 7) is 4.18. The first-order valence-electron chi connectivity index (χ1n) is 8.51. The molecule has 1 saturated carbocycles. The lowest BCUT2D eigenvalue weighted by Gasteiger charge is -2.44. The second kappa shape index (κ2) is 6.83. The summed E-state index contributed by atoms with van der Waals surface area (Å²) in [4.78, 5) is 22.6. The number of hydrogen-bond acceptors (Lipinski definition) is 5. The minimum Gasteiger partial charge on any atom is -0.446 e. The fourth-order valence-corrected chi connectivity index (χ4v) is 3.73. The lowest BCUT2D eigenvalue weighted by atomic mass is 9.67. The van der Waals surface area contributed by atoms with Crippen LogP contribution in [0.5, 0.6) is 0 Å². The number of ether oxygens (including phenoxy) is 1. The van der Waals surface area contributed by atoms with Crippen molar-refractivity contribution in [3.63, 3.8) is 0 Å². The van der Waals surface area contributed by atoms with Crippen LogP contribution in [0.4, 0.5) is 10.6 Å². The summed E-state index contributed by atoms with van der Waals surface area (Å²) in [5, 5.41) is 2.69. The maximum Gasteiger partial charge on any atom is 0.413 e. The topological polar surface area (TPSA) is 67.3 Å². The molecule has 1 amide bonds. The lowest BCUT2D eigenvalue weighted by molar-refractivity contribution is 0.0149. The molecule has 0 bridgehead atoms. The summed E-state index contributed by atoms with van der Waals surface area (Å²) in [6, 6.07) is 1.67. The molecule has 23 heavy (non-hydrogen) atoms. The van der Waals surface area contributed by atoms with E-state index in [2.05, 4.69) is 27.2 Å². The molecule has 2 fully saturated rings. The molecule has 6 nitrogen and oxygen atoms in total. The van der Waals surface area contributed by atoms with Crippen molar-refractivity contribution in [1.29, 1.82) is 0 Å². The summed E-state index contributed by atoms with van der Waals surface area (Å²) < 4.78 is 5.57. The molecule has 1 aliphatic carbocycles. The average Bonchev–Trinajstić information content (AvgIpc) is 2.53. The first-order valence-corrected chi connectivity index (χ1v) is 8.51. The van der Waals surface area contributed by atoms with Crippen LogP contribution in [0.2, 0.25) is 0 Å². The van der Waals surface area contributed by atoms with Crippen molar-refractivity contribution in [2.75, 3.05) is 25.5 Å². The van der Waals surface area contributed by atoms with E-state index in [1.165, 1.54) is 38.8 Å². The van der Waals surface area contributed by atoms with Crippen LogP contribution in [0.1, 0.15) is 44.3 Å². The number of rotatable bonds is 2. The Labute approximate surface area is 137 Å². The van der Waals surface area contributed by atoms with Crippen LogP contribution in [0.3, 0.4) is 0 Å². The van der Waals surface area contributed by atoms with Gasteiger partial charge in [-0.15, -0.1) is 0 Å². The normalized spacial score (nSPS) is 22.0. The Morgan fingerprint density at radius 3 is 2.65 bits per heavy atom. The van der Waals surface area contributed by atoms with Crippen LogP contribution in [-0.2, 0) is 4.74 Å². The van der Waals surface area contributed by atoms with Crippen molar-refractivity contribution >= 4 is 11.9 Å². The van der Waals surface area contributed by atoms with Crippen molar-refractivity contribution < 1.29 is 9.53 Å². The summed E-state index contributed by atoms with van der Waals surface area (Å²) in [6.07, 6.45) is 8.10. The van der Waals surface area contributed by atoms with Gasteiger partial charge in [0.05, 0.1) is 0 Å². The van der Waals surface area contributed by atoms with Crippen molar-refractivity contribution in [1.82, 2.24) is 14.9 Å². The first kappa shape index (κ1) is 16.2. The van der Waals surface area contributed by atoms with Gasteiger partial charge in [-0.3, -0.25) is 5.32 Å². The molecular formula is C17H26N4O2. The summed E-state index contributed by atoms with van der Waals surface area (Å²) in [5.41, 5.74) is 0.493. The maximum atomic E-state index is 12.0. The van der Waals surface area contributed by atoms with Crippen LogP contribution < -0.4 is 5.32 Å². The highest BCUT2D eigenvalue weighted by Gasteiger charge is 2.38.